The zero-order valence-electron chi connectivity index (χ0n) is 20.7. The smallest absolute Gasteiger partial charge is 0.255 e. The molecule has 0 bridgehead atoms. The molecule has 3 aliphatic rings. The minimum absolute atomic E-state index is 0.182. The van der Waals surface area contributed by atoms with E-state index < -0.39 is 11.9 Å². The van der Waals surface area contributed by atoms with Gasteiger partial charge in [0.15, 0.2) is 0 Å². The lowest BCUT2D eigenvalue weighted by Gasteiger charge is -2.29. The lowest BCUT2D eigenvalue weighted by molar-refractivity contribution is -0.137. The number of nitrogens with zero attached hydrogens (tertiary/aromatic N) is 1. The van der Waals surface area contributed by atoms with Crippen molar-refractivity contribution < 1.29 is 28.7 Å². The Hall–Kier alpha value is -2.82. The zero-order valence-corrected chi connectivity index (χ0v) is 20.7. The zero-order chi connectivity index (χ0) is 25.3. The largest absolute Gasteiger partial charge is 0.379 e. The average molecular weight is 501 g/mol. The van der Waals surface area contributed by atoms with Gasteiger partial charge in [0.25, 0.3) is 5.91 Å². The summed E-state index contributed by atoms with van der Waals surface area (Å²) in [4.78, 5) is 50.1. The number of nitrogens with one attached hydrogen (secondary N) is 3. The lowest BCUT2D eigenvalue weighted by Crippen LogP contribution is -2.52. The van der Waals surface area contributed by atoms with Crippen molar-refractivity contribution in [3.63, 3.8) is 0 Å². The number of hydrogen-bond donors (Lipinski definition) is 3. The van der Waals surface area contributed by atoms with E-state index in [2.05, 4.69) is 16.0 Å². The fraction of sp³-hybridized carbons (Fsp3) is 0.615. The Morgan fingerprint density at radius 3 is 2.56 bits per heavy atom. The summed E-state index contributed by atoms with van der Waals surface area (Å²) in [5, 5.41) is 8.66. The molecule has 10 heteroatoms. The van der Waals surface area contributed by atoms with Gasteiger partial charge in [0.1, 0.15) is 6.04 Å². The highest BCUT2D eigenvalue weighted by atomic mass is 16.5. The molecule has 2 fully saturated rings. The molecule has 36 heavy (non-hydrogen) atoms. The fourth-order valence-electron chi connectivity index (χ4n) is 5.00. The first kappa shape index (κ1) is 26.2. The molecular weight excluding hydrogens is 464 g/mol. The molecule has 0 aromatic heterocycles. The summed E-state index contributed by atoms with van der Waals surface area (Å²) in [6.45, 7) is 3.00. The number of hydrogen-bond acceptors (Lipinski definition) is 7. The van der Waals surface area contributed by atoms with Crippen LogP contribution in [0.15, 0.2) is 18.2 Å². The number of carbonyl (C=O) groups is 4. The third-order valence-electron chi connectivity index (χ3n) is 6.94. The van der Waals surface area contributed by atoms with Crippen LogP contribution < -0.4 is 16.0 Å². The van der Waals surface area contributed by atoms with Crippen molar-refractivity contribution in [2.45, 2.75) is 70.0 Å². The maximum Gasteiger partial charge on any atom is 0.255 e. The average Bonchev–Trinajstić information content (AvgIpc) is 3.19. The fourth-order valence-corrected chi connectivity index (χ4v) is 5.00. The quantitative estimate of drug-likeness (QED) is 0.295. The van der Waals surface area contributed by atoms with Crippen LogP contribution in [0.25, 0.3) is 0 Å². The molecule has 1 unspecified atom stereocenters. The first-order chi connectivity index (χ1) is 17.5. The van der Waals surface area contributed by atoms with Crippen molar-refractivity contribution in [3.8, 4) is 0 Å². The highest BCUT2D eigenvalue weighted by molar-refractivity contribution is 6.05. The Morgan fingerprint density at radius 1 is 1.00 bits per heavy atom. The summed E-state index contributed by atoms with van der Waals surface area (Å²) in [6.07, 6.45) is 7.24. The van der Waals surface area contributed by atoms with Crippen molar-refractivity contribution in [2.75, 3.05) is 38.3 Å². The Balaban J connectivity index is 1.10. The SMILES string of the molecule is O=C1CCC(N2Cc3cc(NC(=O)CCOCCOCCNC4CCCCC4)ccc3C2=O)C(=O)N1. The van der Waals surface area contributed by atoms with Crippen LogP contribution in [0.5, 0.6) is 0 Å². The number of ether oxygens (including phenoxy) is 2. The van der Waals surface area contributed by atoms with Crippen LogP contribution in [-0.4, -0.2) is 73.6 Å². The molecule has 10 nitrogen and oxygen atoms in total. The summed E-state index contributed by atoms with van der Waals surface area (Å²) in [5.74, 6) is -1.18. The van der Waals surface area contributed by atoms with Gasteiger partial charge < -0.3 is 25.0 Å². The van der Waals surface area contributed by atoms with Crippen LogP contribution in [0.2, 0.25) is 0 Å². The maximum absolute atomic E-state index is 12.8. The van der Waals surface area contributed by atoms with Gasteiger partial charge in [0, 0.05) is 36.8 Å². The van der Waals surface area contributed by atoms with E-state index in [9.17, 15) is 19.2 Å². The van der Waals surface area contributed by atoms with Gasteiger partial charge in [-0.05, 0) is 43.0 Å². The van der Waals surface area contributed by atoms with Crippen molar-refractivity contribution in [3.05, 3.63) is 29.3 Å². The number of fused-ring (bicyclic) bond motifs is 1. The molecule has 2 heterocycles. The monoisotopic (exact) mass is 500 g/mol. The van der Waals surface area contributed by atoms with E-state index in [0.29, 0.717) is 50.1 Å². The molecule has 1 aliphatic carbocycles. The first-order valence-electron chi connectivity index (χ1n) is 13.0. The van der Waals surface area contributed by atoms with Gasteiger partial charge in [0.05, 0.1) is 32.8 Å². The van der Waals surface area contributed by atoms with Crippen molar-refractivity contribution in [1.82, 2.24) is 15.5 Å². The summed E-state index contributed by atoms with van der Waals surface area (Å²) in [7, 11) is 0. The van der Waals surface area contributed by atoms with Crippen LogP contribution in [0.1, 0.15) is 67.3 Å². The third-order valence-corrected chi connectivity index (χ3v) is 6.94. The second kappa shape index (κ2) is 12.9. The van der Waals surface area contributed by atoms with Crippen LogP contribution in [0.3, 0.4) is 0 Å². The molecule has 1 saturated carbocycles. The Bertz CT molecular complexity index is 962. The van der Waals surface area contributed by atoms with Gasteiger partial charge in [-0.3, -0.25) is 24.5 Å². The van der Waals surface area contributed by atoms with E-state index in [1.165, 1.54) is 37.0 Å². The molecular formula is C26H36N4O6. The van der Waals surface area contributed by atoms with Gasteiger partial charge in [-0.1, -0.05) is 19.3 Å². The summed E-state index contributed by atoms with van der Waals surface area (Å²) >= 11 is 0. The number of amides is 4. The van der Waals surface area contributed by atoms with E-state index in [1.807, 2.05) is 0 Å². The predicted molar refractivity (Wildman–Crippen MR) is 132 cm³/mol. The van der Waals surface area contributed by atoms with E-state index in [4.69, 9.17) is 9.47 Å². The summed E-state index contributed by atoms with van der Waals surface area (Å²) in [6, 6.07) is 5.07. The molecule has 1 atom stereocenters. The molecule has 4 rings (SSSR count). The van der Waals surface area contributed by atoms with Crippen molar-refractivity contribution in [1.29, 1.82) is 0 Å². The number of anilines is 1. The van der Waals surface area contributed by atoms with Gasteiger partial charge in [0.2, 0.25) is 17.7 Å². The minimum atomic E-state index is -0.657. The first-order valence-corrected chi connectivity index (χ1v) is 13.0. The highest BCUT2D eigenvalue weighted by Gasteiger charge is 2.39. The van der Waals surface area contributed by atoms with Gasteiger partial charge in [-0.25, -0.2) is 0 Å². The maximum atomic E-state index is 12.8. The van der Waals surface area contributed by atoms with Crippen LogP contribution in [-0.2, 0) is 30.4 Å². The lowest BCUT2D eigenvalue weighted by atomic mass is 9.96. The summed E-state index contributed by atoms with van der Waals surface area (Å²) < 4.78 is 11.1. The number of piperidine rings is 1. The topological polar surface area (TPSA) is 126 Å². The van der Waals surface area contributed by atoms with Crippen LogP contribution in [0.4, 0.5) is 5.69 Å². The number of benzene rings is 1. The van der Waals surface area contributed by atoms with Crippen molar-refractivity contribution >= 4 is 29.3 Å². The standard InChI is InChI=1S/C26H36N4O6/c31-23-9-8-22(25(33)29-23)30-17-18-16-20(6-7-21(18)26(30)34)28-24(32)10-12-35-14-15-36-13-11-27-19-4-2-1-3-5-19/h6-7,16,19,22,27H,1-5,8-15,17H2,(H,28,32)(H,29,31,33). The van der Waals surface area contributed by atoms with Gasteiger partial charge in [-0.15, -0.1) is 0 Å². The normalized spacial score (nSPS) is 20.4. The third kappa shape index (κ3) is 7.11. The van der Waals surface area contributed by atoms with Crippen molar-refractivity contribution in [2.24, 2.45) is 0 Å². The van der Waals surface area contributed by atoms with E-state index >= 15 is 0 Å². The predicted octanol–water partition coefficient (Wildman–Crippen LogP) is 1.73. The minimum Gasteiger partial charge on any atom is -0.379 e. The molecule has 196 valence electrons. The van der Waals surface area contributed by atoms with E-state index in [0.717, 1.165) is 12.1 Å². The van der Waals surface area contributed by atoms with E-state index in [-0.39, 0.29) is 37.1 Å². The molecule has 0 spiro atoms. The molecule has 2 aliphatic heterocycles. The Morgan fingerprint density at radius 2 is 1.78 bits per heavy atom. The van der Waals surface area contributed by atoms with Crippen LogP contribution >= 0.6 is 0 Å². The van der Waals surface area contributed by atoms with Gasteiger partial charge >= 0.3 is 0 Å². The molecule has 0 radical (unpaired) electrons. The highest BCUT2D eigenvalue weighted by Crippen LogP contribution is 2.29. The Labute approximate surface area is 211 Å². The molecule has 1 aromatic carbocycles. The molecule has 1 saturated heterocycles. The van der Waals surface area contributed by atoms with E-state index in [1.54, 1.807) is 18.2 Å². The molecule has 1 aromatic rings. The number of rotatable bonds is 12. The van der Waals surface area contributed by atoms with Gasteiger partial charge in [-0.2, -0.15) is 0 Å². The second-order valence-electron chi connectivity index (χ2n) is 9.58. The van der Waals surface area contributed by atoms with Crippen LogP contribution in [0, 0.1) is 0 Å². The number of imide groups is 1. The second-order valence-corrected chi connectivity index (χ2v) is 9.58. The number of carbonyl (C=O) groups excluding carboxylic acids is 4. The molecule has 3 N–H and O–H groups in total. The summed E-state index contributed by atoms with van der Waals surface area (Å²) in [5.41, 5.74) is 1.84. The Kier molecular flexibility index (Phi) is 9.43. The molecule has 4 amide bonds.